The second kappa shape index (κ2) is 2.86. The van der Waals surface area contributed by atoms with Crippen LogP contribution in [0.2, 0.25) is 0 Å². The summed E-state index contributed by atoms with van der Waals surface area (Å²) in [7, 11) is 0. The third-order valence-corrected chi connectivity index (χ3v) is 1.86. The molecule has 0 aromatic heterocycles. The van der Waals surface area contributed by atoms with Crippen molar-refractivity contribution >= 4 is 12.2 Å². The molecule has 67 valence electrons. The number of hydrogen-bond donors (Lipinski definition) is 1. The molecule has 1 heterocycles. The lowest BCUT2D eigenvalue weighted by Crippen LogP contribution is -2.56. The maximum atomic E-state index is 11.3. The Kier molecular flexibility index (Phi) is 2.19. The van der Waals surface area contributed by atoms with Gasteiger partial charge in [-0.25, -0.2) is 0 Å². The molecule has 12 heavy (non-hydrogen) atoms. The fourth-order valence-corrected chi connectivity index (χ4v) is 1.11. The number of nitrogens with zero attached hydrogens (tertiary/aromatic N) is 1. The number of aliphatic hydroxyl groups is 1. The van der Waals surface area contributed by atoms with Crippen LogP contribution in [0.15, 0.2) is 0 Å². The molecule has 0 atom stereocenters. The van der Waals surface area contributed by atoms with E-state index >= 15 is 0 Å². The van der Waals surface area contributed by atoms with Gasteiger partial charge in [-0.3, -0.25) is 9.59 Å². The van der Waals surface area contributed by atoms with Crippen LogP contribution in [-0.4, -0.2) is 40.9 Å². The lowest BCUT2D eigenvalue weighted by atomic mass is 9.98. The Morgan fingerprint density at radius 2 is 2.08 bits per heavy atom. The van der Waals surface area contributed by atoms with Gasteiger partial charge in [0, 0.05) is 13.1 Å². The highest BCUT2D eigenvalue weighted by Crippen LogP contribution is 2.17. The zero-order valence-corrected chi connectivity index (χ0v) is 7.20. The fourth-order valence-electron chi connectivity index (χ4n) is 1.11. The highest BCUT2D eigenvalue weighted by Gasteiger charge is 2.37. The molecule has 4 nitrogen and oxygen atoms in total. The number of likely N-dealkylation sites (tertiary alicyclic amines) is 1. The van der Waals surface area contributed by atoms with Gasteiger partial charge in [-0.2, -0.15) is 0 Å². The molecule has 1 rings (SSSR count). The van der Waals surface area contributed by atoms with Gasteiger partial charge < -0.3 is 10.0 Å². The zero-order chi connectivity index (χ0) is 9.35. The Labute approximate surface area is 71.2 Å². The van der Waals surface area contributed by atoms with E-state index in [0.717, 1.165) is 0 Å². The van der Waals surface area contributed by atoms with Gasteiger partial charge in [-0.15, -0.1) is 0 Å². The lowest BCUT2D eigenvalue weighted by molar-refractivity contribution is -0.152. The quantitative estimate of drug-likeness (QED) is 0.597. The van der Waals surface area contributed by atoms with E-state index in [-0.39, 0.29) is 11.8 Å². The van der Waals surface area contributed by atoms with Crippen molar-refractivity contribution in [2.75, 3.05) is 13.1 Å². The molecule has 1 radical (unpaired) electrons. The molecule has 1 N–H and O–H groups in total. The largest absolute Gasteiger partial charge is 0.381 e. The van der Waals surface area contributed by atoms with E-state index in [2.05, 4.69) is 0 Å². The van der Waals surface area contributed by atoms with E-state index in [1.165, 1.54) is 18.7 Å². The van der Waals surface area contributed by atoms with Gasteiger partial charge in [-0.1, -0.05) is 0 Å². The molecule has 1 aliphatic rings. The van der Waals surface area contributed by atoms with Crippen molar-refractivity contribution in [2.45, 2.75) is 19.4 Å². The van der Waals surface area contributed by atoms with Gasteiger partial charge in [0.25, 0.3) is 5.91 Å². The van der Waals surface area contributed by atoms with Gasteiger partial charge >= 0.3 is 0 Å². The predicted molar refractivity (Wildman–Crippen MR) is 42.1 cm³/mol. The fraction of sp³-hybridized carbons (Fsp3) is 0.750. The van der Waals surface area contributed by atoms with E-state index < -0.39 is 5.60 Å². The van der Waals surface area contributed by atoms with Crippen molar-refractivity contribution in [3.63, 3.8) is 0 Å². The summed E-state index contributed by atoms with van der Waals surface area (Å²) in [6.07, 6.45) is 1.81. The van der Waals surface area contributed by atoms with Gasteiger partial charge in [0.2, 0.25) is 6.29 Å². The normalized spacial score (nSPS) is 18.8. The Morgan fingerprint density at radius 1 is 1.58 bits per heavy atom. The molecule has 0 bridgehead atoms. The van der Waals surface area contributed by atoms with Crippen LogP contribution in [-0.2, 0) is 9.59 Å². The monoisotopic (exact) mass is 170 g/mol. The lowest BCUT2D eigenvalue weighted by Gasteiger charge is -2.38. The van der Waals surface area contributed by atoms with Crippen LogP contribution in [0.3, 0.4) is 0 Å². The van der Waals surface area contributed by atoms with E-state index in [1.807, 2.05) is 6.29 Å². The van der Waals surface area contributed by atoms with Crippen LogP contribution in [0.1, 0.15) is 13.8 Å². The molecule has 0 aromatic rings. The maximum absolute atomic E-state index is 11.3. The molecule has 1 amide bonds. The van der Waals surface area contributed by atoms with Crippen molar-refractivity contribution in [3.8, 4) is 0 Å². The Morgan fingerprint density at radius 3 is 2.42 bits per heavy atom. The summed E-state index contributed by atoms with van der Waals surface area (Å²) in [5.41, 5.74) is -1.33. The van der Waals surface area contributed by atoms with Gasteiger partial charge in [0.1, 0.15) is 5.60 Å². The Bertz CT molecular complexity index is 201. The zero-order valence-electron chi connectivity index (χ0n) is 7.20. The number of rotatable bonds is 2. The van der Waals surface area contributed by atoms with Crippen LogP contribution in [0.25, 0.3) is 0 Å². The van der Waals surface area contributed by atoms with E-state index in [1.54, 1.807) is 0 Å². The first-order valence-corrected chi connectivity index (χ1v) is 3.84. The van der Waals surface area contributed by atoms with Gasteiger partial charge in [0.15, 0.2) is 0 Å². The Balaban J connectivity index is 2.43. The van der Waals surface area contributed by atoms with Crippen molar-refractivity contribution in [1.29, 1.82) is 0 Å². The minimum absolute atomic E-state index is 0.156. The molecule has 0 saturated carbocycles. The average molecular weight is 170 g/mol. The molecule has 4 heteroatoms. The Hall–Kier alpha value is -0.900. The van der Waals surface area contributed by atoms with Crippen LogP contribution >= 0.6 is 0 Å². The van der Waals surface area contributed by atoms with Crippen molar-refractivity contribution in [2.24, 2.45) is 5.92 Å². The molecular weight excluding hydrogens is 158 g/mol. The molecule has 0 aliphatic carbocycles. The SMILES string of the molecule is CC(C)(O)C(=O)N1CC([C]=O)C1. The molecule has 1 aliphatic heterocycles. The number of carbonyl (C=O) groups excluding carboxylic acids is 2. The highest BCUT2D eigenvalue weighted by atomic mass is 16.3. The molecule has 0 unspecified atom stereocenters. The third kappa shape index (κ3) is 1.64. The standard InChI is InChI=1S/C8H12NO3/c1-8(2,12)7(11)9-3-6(4-9)5-10/h6,12H,3-4H2,1-2H3. The van der Waals surface area contributed by atoms with Crippen LogP contribution in [0, 0.1) is 5.92 Å². The minimum Gasteiger partial charge on any atom is -0.381 e. The summed E-state index contributed by atoms with van der Waals surface area (Å²) in [6, 6.07) is 0. The molecular formula is C8H12NO3. The highest BCUT2D eigenvalue weighted by molar-refractivity contribution is 5.85. The smallest absolute Gasteiger partial charge is 0.253 e. The summed E-state index contributed by atoms with van der Waals surface area (Å²) in [5, 5.41) is 9.29. The number of amides is 1. The second-order valence-electron chi connectivity index (χ2n) is 3.58. The first kappa shape index (κ1) is 9.19. The number of carbonyl (C=O) groups is 1. The van der Waals surface area contributed by atoms with Crippen LogP contribution < -0.4 is 0 Å². The van der Waals surface area contributed by atoms with Crippen LogP contribution in [0.4, 0.5) is 0 Å². The van der Waals surface area contributed by atoms with Crippen molar-refractivity contribution in [1.82, 2.24) is 4.90 Å². The maximum Gasteiger partial charge on any atom is 0.253 e. The van der Waals surface area contributed by atoms with E-state index in [9.17, 15) is 14.7 Å². The number of hydrogen-bond acceptors (Lipinski definition) is 3. The molecule has 1 saturated heterocycles. The summed E-state index contributed by atoms with van der Waals surface area (Å²) < 4.78 is 0. The van der Waals surface area contributed by atoms with Gasteiger partial charge in [0.05, 0.1) is 5.92 Å². The summed E-state index contributed by atoms with van der Waals surface area (Å²) in [5.74, 6) is -0.481. The third-order valence-electron chi connectivity index (χ3n) is 1.86. The summed E-state index contributed by atoms with van der Waals surface area (Å²) in [4.78, 5) is 22.8. The molecule has 1 fully saturated rings. The van der Waals surface area contributed by atoms with E-state index in [0.29, 0.717) is 13.1 Å². The first-order valence-electron chi connectivity index (χ1n) is 3.84. The summed E-state index contributed by atoms with van der Waals surface area (Å²) in [6.45, 7) is 3.67. The van der Waals surface area contributed by atoms with Crippen LogP contribution in [0.5, 0.6) is 0 Å². The average Bonchev–Trinajstić information content (AvgIpc) is 1.83. The molecule has 0 spiro atoms. The van der Waals surface area contributed by atoms with Crippen molar-refractivity contribution < 1.29 is 14.7 Å². The first-order chi connectivity index (χ1) is 5.45. The second-order valence-corrected chi connectivity index (χ2v) is 3.58. The topological polar surface area (TPSA) is 57.6 Å². The van der Waals surface area contributed by atoms with Crippen molar-refractivity contribution in [3.05, 3.63) is 0 Å². The van der Waals surface area contributed by atoms with E-state index in [4.69, 9.17) is 0 Å². The predicted octanol–water partition coefficient (Wildman–Crippen LogP) is -0.675. The summed E-state index contributed by atoms with van der Waals surface area (Å²) >= 11 is 0. The van der Waals surface area contributed by atoms with Gasteiger partial charge in [-0.05, 0) is 13.8 Å². The molecule has 0 aromatic carbocycles. The minimum atomic E-state index is -1.33.